The van der Waals surface area contributed by atoms with Gasteiger partial charge in [-0.3, -0.25) is 14.2 Å². The van der Waals surface area contributed by atoms with E-state index in [0.717, 1.165) is 51.6 Å². The molecular formula is C23H25N3O4S. The standard InChI is InChI=1S/C23H25N3O4S/c1-14-15(2)31-22-21(14)23(28)25(13-24-22)12-20(27)26-8-3-5-17(26)16-6-7-18-19(11-16)30-10-4-9-29-18/h6-7,11,13,17H,3-5,8-10,12H2,1-2H3/t17-/m1/s1. The number of carbonyl (C=O) groups excluding carboxylic acids is 1. The SMILES string of the molecule is Cc1sc2ncn(CC(=O)N3CCC[C@@H]3c3ccc4c(c3)OCCCO4)c(=O)c2c1C. The molecule has 0 radical (unpaired) electrons. The van der Waals surface area contributed by atoms with Gasteiger partial charge in [0, 0.05) is 17.8 Å². The second-order valence-corrected chi connectivity index (χ2v) is 9.35. The normalized spacial score (nSPS) is 18.4. The predicted octanol–water partition coefficient (Wildman–Crippen LogP) is 3.60. The summed E-state index contributed by atoms with van der Waals surface area (Å²) in [6, 6.07) is 5.91. The maximum Gasteiger partial charge on any atom is 0.262 e. The van der Waals surface area contributed by atoms with Crippen molar-refractivity contribution in [2.75, 3.05) is 19.8 Å². The molecule has 2 aromatic heterocycles. The van der Waals surface area contributed by atoms with Crippen molar-refractivity contribution < 1.29 is 14.3 Å². The Morgan fingerprint density at radius 2 is 2.00 bits per heavy atom. The Labute approximate surface area is 184 Å². The van der Waals surface area contributed by atoms with Gasteiger partial charge in [-0.25, -0.2) is 4.98 Å². The van der Waals surface area contributed by atoms with Crippen molar-refractivity contribution in [3.05, 3.63) is 50.9 Å². The first-order valence-electron chi connectivity index (χ1n) is 10.7. The van der Waals surface area contributed by atoms with Crippen molar-refractivity contribution in [1.29, 1.82) is 0 Å². The van der Waals surface area contributed by atoms with Gasteiger partial charge in [-0.2, -0.15) is 0 Å². The van der Waals surface area contributed by atoms with Gasteiger partial charge in [0.25, 0.3) is 5.56 Å². The number of amides is 1. The van der Waals surface area contributed by atoms with Crippen molar-refractivity contribution in [3.8, 4) is 11.5 Å². The summed E-state index contributed by atoms with van der Waals surface area (Å²) in [6.07, 6.45) is 4.17. The van der Waals surface area contributed by atoms with Gasteiger partial charge in [-0.1, -0.05) is 6.07 Å². The van der Waals surface area contributed by atoms with Gasteiger partial charge in [0.1, 0.15) is 11.4 Å². The summed E-state index contributed by atoms with van der Waals surface area (Å²) in [5.41, 5.74) is 1.84. The smallest absolute Gasteiger partial charge is 0.262 e. The zero-order valence-corrected chi connectivity index (χ0v) is 18.5. The van der Waals surface area contributed by atoms with Crippen LogP contribution in [0.3, 0.4) is 0 Å². The van der Waals surface area contributed by atoms with Crippen LogP contribution in [-0.4, -0.2) is 40.1 Å². The number of fused-ring (bicyclic) bond motifs is 2. The third kappa shape index (κ3) is 3.59. The van der Waals surface area contributed by atoms with Crippen LogP contribution in [0.2, 0.25) is 0 Å². The number of aryl methyl sites for hydroxylation is 2. The van der Waals surface area contributed by atoms with Crippen molar-refractivity contribution >= 4 is 27.5 Å². The molecule has 2 aliphatic heterocycles. The van der Waals surface area contributed by atoms with E-state index in [-0.39, 0.29) is 24.1 Å². The van der Waals surface area contributed by atoms with Crippen molar-refractivity contribution in [3.63, 3.8) is 0 Å². The summed E-state index contributed by atoms with van der Waals surface area (Å²) in [5.74, 6) is 1.43. The van der Waals surface area contributed by atoms with Gasteiger partial charge in [0.15, 0.2) is 11.5 Å². The number of thiophene rings is 1. The summed E-state index contributed by atoms with van der Waals surface area (Å²) >= 11 is 1.51. The monoisotopic (exact) mass is 439 g/mol. The molecule has 31 heavy (non-hydrogen) atoms. The average molecular weight is 440 g/mol. The highest BCUT2D eigenvalue weighted by Crippen LogP contribution is 2.38. The maximum atomic E-state index is 13.2. The number of rotatable bonds is 3. The van der Waals surface area contributed by atoms with Gasteiger partial charge in [-0.05, 0) is 49.9 Å². The molecule has 1 fully saturated rings. The fourth-order valence-corrected chi connectivity index (χ4v) is 5.41. The van der Waals surface area contributed by atoms with Crippen LogP contribution in [0.15, 0.2) is 29.3 Å². The molecule has 1 amide bonds. The Morgan fingerprint density at radius 1 is 1.19 bits per heavy atom. The summed E-state index contributed by atoms with van der Waals surface area (Å²) in [7, 11) is 0. The molecule has 0 aliphatic carbocycles. The van der Waals surface area contributed by atoms with E-state index in [0.29, 0.717) is 25.1 Å². The van der Waals surface area contributed by atoms with E-state index in [2.05, 4.69) is 4.98 Å². The Bertz CT molecular complexity index is 1220. The lowest BCUT2D eigenvalue weighted by Gasteiger charge is -2.26. The van der Waals surface area contributed by atoms with Crippen molar-refractivity contribution in [2.24, 2.45) is 0 Å². The highest BCUT2D eigenvalue weighted by Gasteiger charge is 2.31. The molecule has 0 spiro atoms. The van der Waals surface area contributed by atoms with Gasteiger partial charge in [-0.15, -0.1) is 11.3 Å². The fraction of sp³-hybridized carbons (Fsp3) is 0.435. The van der Waals surface area contributed by atoms with E-state index in [1.54, 1.807) is 0 Å². The van der Waals surface area contributed by atoms with E-state index in [1.165, 1.54) is 22.2 Å². The number of nitrogens with zero attached hydrogens (tertiary/aromatic N) is 3. The van der Waals surface area contributed by atoms with Crippen LogP contribution in [0.4, 0.5) is 0 Å². The number of carbonyl (C=O) groups is 1. The summed E-state index contributed by atoms with van der Waals surface area (Å²) in [4.78, 5) is 34.3. The second-order valence-electron chi connectivity index (χ2n) is 8.14. The zero-order valence-electron chi connectivity index (χ0n) is 17.7. The molecule has 8 heteroatoms. The first-order chi connectivity index (χ1) is 15.0. The van der Waals surface area contributed by atoms with Gasteiger partial charge < -0.3 is 14.4 Å². The first kappa shape index (κ1) is 20.1. The van der Waals surface area contributed by atoms with Crippen LogP contribution >= 0.6 is 11.3 Å². The quantitative estimate of drug-likeness (QED) is 0.623. The molecule has 1 aromatic carbocycles. The van der Waals surface area contributed by atoms with Crippen LogP contribution in [0.5, 0.6) is 11.5 Å². The number of aromatic nitrogens is 2. The molecule has 0 unspecified atom stereocenters. The van der Waals surface area contributed by atoms with Crippen molar-refractivity contribution in [2.45, 2.75) is 45.7 Å². The van der Waals surface area contributed by atoms with Gasteiger partial charge in [0.05, 0.1) is 31.0 Å². The molecular weight excluding hydrogens is 414 g/mol. The van der Waals surface area contributed by atoms with Gasteiger partial charge >= 0.3 is 0 Å². The molecule has 0 saturated carbocycles. The van der Waals surface area contributed by atoms with E-state index >= 15 is 0 Å². The number of hydrogen-bond donors (Lipinski definition) is 0. The molecule has 1 atom stereocenters. The predicted molar refractivity (Wildman–Crippen MR) is 119 cm³/mol. The Balaban J connectivity index is 1.40. The number of hydrogen-bond acceptors (Lipinski definition) is 6. The molecule has 3 aromatic rings. The van der Waals surface area contributed by atoms with Gasteiger partial charge in [0.2, 0.25) is 5.91 Å². The second kappa shape index (κ2) is 8.00. The minimum Gasteiger partial charge on any atom is -0.490 e. The lowest BCUT2D eigenvalue weighted by Crippen LogP contribution is -2.36. The van der Waals surface area contributed by atoms with Crippen LogP contribution in [0.1, 0.15) is 41.3 Å². The molecule has 5 rings (SSSR count). The van der Waals surface area contributed by atoms with Crippen LogP contribution in [0.25, 0.3) is 10.2 Å². The molecule has 7 nitrogen and oxygen atoms in total. The molecule has 0 N–H and O–H groups in total. The lowest BCUT2D eigenvalue weighted by atomic mass is 10.0. The number of ether oxygens (including phenoxy) is 2. The molecule has 162 valence electrons. The largest absolute Gasteiger partial charge is 0.490 e. The lowest BCUT2D eigenvalue weighted by molar-refractivity contribution is -0.132. The van der Waals surface area contributed by atoms with Crippen molar-refractivity contribution in [1.82, 2.24) is 14.5 Å². The van der Waals surface area contributed by atoms with Crippen LogP contribution in [-0.2, 0) is 11.3 Å². The maximum absolute atomic E-state index is 13.2. The topological polar surface area (TPSA) is 73.7 Å². The third-order valence-electron chi connectivity index (χ3n) is 6.19. The van der Waals surface area contributed by atoms with E-state index < -0.39 is 0 Å². The first-order valence-corrected chi connectivity index (χ1v) is 11.5. The molecule has 4 heterocycles. The fourth-order valence-electron chi connectivity index (χ4n) is 4.42. The Hall–Kier alpha value is -2.87. The summed E-state index contributed by atoms with van der Waals surface area (Å²) in [6.45, 7) is 5.88. The highest BCUT2D eigenvalue weighted by molar-refractivity contribution is 7.18. The zero-order chi connectivity index (χ0) is 21.5. The summed E-state index contributed by atoms with van der Waals surface area (Å²) < 4.78 is 13.0. The Morgan fingerprint density at radius 3 is 2.84 bits per heavy atom. The Kier molecular flexibility index (Phi) is 5.17. The minimum atomic E-state index is -0.147. The molecule has 2 aliphatic rings. The number of benzene rings is 1. The van der Waals surface area contributed by atoms with E-state index in [9.17, 15) is 9.59 Å². The van der Waals surface area contributed by atoms with Crippen LogP contribution in [0, 0.1) is 13.8 Å². The average Bonchev–Trinajstić information content (AvgIpc) is 3.27. The minimum absolute atomic E-state index is 0.00282. The molecule has 1 saturated heterocycles. The van der Waals surface area contributed by atoms with E-state index in [1.807, 2.05) is 36.9 Å². The summed E-state index contributed by atoms with van der Waals surface area (Å²) in [5, 5.41) is 0.624. The molecule has 0 bridgehead atoms. The third-order valence-corrected chi connectivity index (χ3v) is 7.31. The van der Waals surface area contributed by atoms with Crippen LogP contribution < -0.4 is 15.0 Å². The highest BCUT2D eigenvalue weighted by atomic mass is 32.1. The number of likely N-dealkylation sites (tertiary alicyclic amines) is 1. The van der Waals surface area contributed by atoms with E-state index in [4.69, 9.17) is 9.47 Å².